The number of benzene rings is 1. The summed E-state index contributed by atoms with van der Waals surface area (Å²) in [6.07, 6.45) is 0.0120. The standard InChI is InChI=1S/C13H15BrFNO2/c1-9-2-3-10(6-12(9)15)13(17)16-4-5-18-11(7-14)8-16/h2-3,6,11H,4-5,7-8H2,1H3. The Labute approximate surface area is 114 Å². The summed E-state index contributed by atoms with van der Waals surface area (Å²) in [5.74, 6) is -0.477. The van der Waals surface area contributed by atoms with Crippen LogP contribution in [0.25, 0.3) is 0 Å². The van der Waals surface area contributed by atoms with Crippen LogP contribution in [0.3, 0.4) is 0 Å². The first-order chi connectivity index (χ1) is 8.61. The summed E-state index contributed by atoms with van der Waals surface area (Å²) in [5.41, 5.74) is 0.945. The molecule has 18 heavy (non-hydrogen) atoms. The lowest BCUT2D eigenvalue weighted by atomic mass is 10.1. The number of alkyl halides is 1. The Balaban J connectivity index is 2.12. The molecule has 0 aromatic heterocycles. The fraction of sp³-hybridized carbons (Fsp3) is 0.462. The van der Waals surface area contributed by atoms with Crippen LogP contribution in [0.2, 0.25) is 0 Å². The molecule has 0 spiro atoms. The minimum absolute atomic E-state index is 0.0120. The van der Waals surface area contributed by atoms with E-state index < -0.39 is 0 Å². The van der Waals surface area contributed by atoms with Gasteiger partial charge in [0.25, 0.3) is 5.91 Å². The van der Waals surface area contributed by atoms with Crippen LogP contribution in [-0.2, 0) is 4.74 Å². The predicted octanol–water partition coefficient (Wildman–Crippen LogP) is 2.37. The molecule has 1 amide bonds. The Morgan fingerprint density at radius 1 is 1.61 bits per heavy atom. The number of ether oxygens (including phenoxy) is 1. The molecule has 1 aliphatic rings. The van der Waals surface area contributed by atoms with Crippen LogP contribution in [-0.4, -0.2) is 41.9 Å². The number of carbonyl (C=O) groups excluding carboxylic acids is 1. The number of carbonyl (C=O) groups is 1. The molecule has 5 heteroatoms. The van der Waals surface area contributed by atoms with Crippen LogP contribution in [0.5, 0.6) is 0 Å². The molecule has 1 aromatic rings. The molecule has 2 rings (SSSR count). The predicted molar refractivity (Wildman–Crippen MR) is 70.6 cm³/mol. The maximum Gasteiger partial charge on any atom is 0.254 e. The Kier molecular flexibility index (Phi) is 4.35. The van der Waals surface area contributed by atoms with Gasteiger partial charge in [0.2, 0.25) is 0 Å². The topological polar surface area (TPSA) is 29.5 Å². The van der Waals surface area contributed by atoms with E-state index in [-0.39, 0.29) is 17.8 Å². The molecule has 0 radical (unpaired) electrons. The monoisotopic (exact) mass is 315 g/mol. The van der Waals surface area contributed by atoms with Crippen molar-refractivity contribution in [2.75, 3.05) is 25.0 Å². The van der Waals surface area contributed by atoms with Gasteiger partial charge in [-0.1, -0.05) is 22.0 Å². The molecule has 0 saturated carbocycles. The lowest BCUT2D eigenvalue weighted by Crippen LogP contribution is -2.46. The number of aryl methyl sites for hydroxylation is 1. The van der Waals surface area contributed by atoms with Crippen LogP contribution < -0.4 is 0 Å². The van der Waals surface area contributed by atoms with Gasteiger partial charge in [-0.2, -0.15) is 0 Å². The first kappa shape index (κ1) is 13.5. The van der Waals surface area contributed by atoms with Gasteiger partial charge in [0.1, 0.15) is 5.82 Å². The molecule has 1 atom stereocenters. The smallest absolute Gasteiger partial charge is 0.254 e. The third kappa shape index (κ3) is 2.90. The highest BCUT2D eigenvalue weighted by molar-refractivity contribution is 9.09. The van der Waals surface area contributed by atoms with Gasteiger partial charge in [-0.05, 0) is 24.6 Å². The van der Waals surface area contributed by atoms with Gasteiger partial charge in [-0.15, -0.1) is 0 Å². The Morgan fingerprint density at radius 3 is 3.06 bits per heavy atom. The molecule has 0 N–H and O–H groups in total. The van der Waals surface area contributed by atoms with Crippen LogP contribution in [0.4, 0.5) is 4.39 Å². The van der Waals surface area contributed by atoms with Gasteiger partial charge in [0.05, 0.1) is 12.7 Å². The molecular weight excluding hydrogens is 301 g/mol. The average Bonchev–Trinajstić information content (AvgIpc) is 2.41. The number of amides is 1. The van der Waals surface area contributed by atoms with Gasteiger partial charge < -0.3 is 9.64 Å². The average molecular weight is 316 g/mol. The van der Waals surface area contributed by atoms with E-state index in [9.17, 15) is 9.18 Å². The molecule has 1 aromatic carbocycles. The summed E-state index contributed by atoms with van der Waals surface area (Å²) in [7, 11) is 0. The number of morpholine rings is 1. The summed E-state index contributed by atoms with van der Waals surface area (Å²) in [6, 6.07) is 4.60. The zero-order valence-corrected chi connectivity index (χ0v) is 11.7. The van der Waals surface area contributed by atoms with Crippen LogP contribution >= 0.6 is 15.9 Å². The first-order valence-corrected chi connectivity index (χ1v) is 6.97. The zero-order chi connectivity index (χ0) is 13.1. The Bertz CT molecular complexity index is 453. The highest BCUT2D eigenvalue weighted by Crippen LogP contribution is 2.14. The van der Waals surface area contributed by atoms with E-state index in [1.807, 2.05) is 0 Å². The molecule has 1 saturated heterocycles. The maximum absolute atomic E-state index is 13.4. The molecule has 1 aliphatic heterocycles. The summed E-state index contributed by atoms with van der Waals surface area (Å²) in [4.78, 5) is 13.9. The van der Waals surface area contributed by atoms with Crippen molar-refractivity contribution in [3.05, 3.63) is 35.1 Å². The summed E-state index contributed by atoms with van der Waals surface area (Å²) in [5, 5.41) is 0.693. The van der Waals surface area contributed by atoms with Crippen LogP contribution in [0, 0.1) is 12.7 Å². The van der Waals surface area contributed by atoms with Crippen molar-refractivity contribution in [2.45, 2.75) is 13.0 Å². The van der Waals surface area contributed by atoms with Crippen molar-refractivity contribution in [1.82, 2.24) is 4.90 Å². The number of halogens is 2. The third-order valence-corrected chi connectivity index (χ3v) is 3.74. The highest BCUT2D eigenvalue weighted by Gasteiger charge is 2.24. The molecule has 3 nitrogen and oxygen atoms in total. The number of nitrogens with zero attached hydrogens (tertiary/aromatic N) is 1. The van der Waals surface area contributed by atoms with Crippen molar-refractivity contribution >= 4 is 21.8 Å². The third-order valence-electron chi connectivity index (χ3n) is 3.02. The van der Waals surface area contributed by atoms with Crippen LogP contribution in [0.15, 0.2) is 18.2 Å². The number of hydrogen-bond donors (Lipinski definition) is 0. The number of rotatable bonds is 2. The van der Waals surface area contributed by atoms with E-state index in [1.54, 1.807) is 24.0 Å². The minimum atomic E-state index is -0.342. The van der Waals surface area contributed by atoms with Gasteiger partial charge >= 0.3 is 0 Å². The molecule has 0 bridgehead atoms. The second kappa shape index (κ2) is 5.80. The minimum Gasteiger partial charge on any atom is -0.374 e. The van der Waals surface area contributed by atoms with Crippen molar-refractivity contribution in [3.63, 3.8) is 0 Å². The molecule has 1 fully saturated rings. The summed E-state index contributed by atoms with van der Waals surface area (Å²) >= 11 is 3.34. The van der Waals surface area contributed by atoms with Gasteiger partial charge in [-0.25, -0.2) is 4.39 Å². The zero-order valence-electron chi connectivity index (χ0n) is 10.2. The van der Waals surface area contributed by atoms with Crippen molar-refractivity contribution in [1.29, 1.82) is 0 Å². The normalized spacial score (nSPS) is 19.9. The number of hydrogen-bond acceptors (Lipinski definition) is 2. The maximum atomic E-state index is 13.4. The van der Waals surface area contributed by atoms with Gasteiger partial charge in [0, 0.05) is 24.0 Å². The Morgan fingerprint density at radius 2 is 2.39 bits per heavy atom. The van der Waals surface area contributed by atoms with Crippen molar-refractivity contribution < 1.29 is 13.9 Å². The lowest BCUT2D eigenvalue weighted by molar-refractivity contribution is -0.00966. The lowest BCUT2D eigenvalue weighted by Gasteiger charge is -2.32. The van der Waals surface area contributed by atoms with Gasteiger partial charge in [-0.3, -0.25) is 4.79 Å². The fourth-order valence-corrected chi connectivity index (χ4v) is 2.30. The van der Waals surface area contributed by atoms with E-state index >= 15 is 0 Å². The van der Waals surface area contributed by atoms with Crippen molar-refractivity contribution in [3.8, 4) is 0 Å². The summed E-state index contributed by atoms with van der Waals surface area (Å²) in [6.45, 7) is 3.30. The fourth-order valence-electron chi connectivity index (χ4n) is 1.91. The van der Waals surface area contributed by atoms with Crippen molar-refractivity contribution in [2.24, 2.45) is 0 Å². The van der Waals surface area contributed by atoms with E-state index in [4.69, 9.17) is 4.74 Å². The SMILES string of the molecule is Cc1ccc(C(=O)N2CCOC(CBr)C2)cc1F. The van der Waals surface area contributed by atoms with Crippen LogP contribution in [0.1, 0.15) is 15.9 Å². The molecule has 98 valence electrons. The Hall–Kier alpha value is -0.940. The summed E-state index contributed by atoms with van der Waals surface area (Å²) < 4.78 is 18.9. The van der Waals surface area contributed by atoms with E-state index in [2.05, 4.69) is 15.9 Å². The van der Waals surface area contributed by atoms with E-state index in [1.165, 1.54) is 6.07 Å². The quantitative estimate of drug-likeness (QED) is 0.784. The van der Waals surface area contributed by atoms with E-state index in [0.717, 1.165) is 0 Å². The largest absolute Gasteiger partial charge is 0.374 e. The molecule has 1 heterocycles. The molecular formula is C13H15BrFNO2. The second-order valence-corrected chi connectivity index (χ2v) is 5.01. The van der Waals surface area contributed by atoms with E-state index in [0.29, 0.717) is 36.2 Å². The molecule has 0 aliphatic carbocycles. The highest BCUT2D eigenvalue weighted by atomic mass is 79.9. The van der Waals surface area contributed by atoms with Gasteiger partial charge in [0.15, 0.2) is 0 Å². The second-order valence-electron chi connectivity index (χ2n) is 4.36. The first-order valence-electron chi connectivity index (χ1n) is 5.85. The molecule has 1 unspecified atom stereocenters.